The number of hydrogen-bond donors (Lipinski definition) is 0. The molecule has 4 nitrogen and oxygen atoms in total. The molecule has 7 heteroatoms. The number of thioether (sulfide) groups is 1. The van der Waals surface area contributed by atoms with Gasteiger partial charge in [0, 0.05) is 24.9 Å². The first-order valence-electron chi connectivity index (χ1n) is 5.67. The van der Waals surface area contributed by atoms with Gasteiger partial charge in [0.1, 0.15) is 5.75 Å². The SMILES string of the molecule is CN(C)c1nnc(SCCOc2ccc(Cl)cc2)s1. The van der Waals surface area contributed by atoms with Crippen LogP contribution in [0.2, 0.25) is 5.02 Å². The van der Waals surface area contributed by atoms with Crippen LogP contribution in [0.15, 0.2) is 28.6 Å². The zero-order valence-electron chi connectivity index (χ0n) is 10.7. The normalized spacial score (nSPS) is 10.5. The molecule has 0 radical (unpaired) electrons. The number of halogens is 1. The molecule has 0 aliphatic carbocycles. The summed E-state index contributed by atoms with van der Waals surface area (Å²) in [6.45, 7) is 0.628. The average molecular weight is 316 g/mol. The molecule has 0 bridgehead atoms. The highest BCUT2D eigenvalue weighted by atomic mass is 35.5. The highest BCUT2D eigenvalue weighted by Crippen LogP contribution is 2.26. The molecule has 0 spiro atoms. The van der Waals surface area contributed by atoms with Crippen molar-refractivity contribution in [3.8, 4) is 5.75 Å². The number of ether oxygens (including phenoxy) is 1. The van der Waals surface area contributed by atoms with Crippen molar-refractivity contribution < 1.29 is 4.74 Å². The van der Waals surface area contributed by atoms with Crippen LogP contribution in [0.3, 0.4) is 0 Å². The number of aromatic nitrogens is 2. The molecular weight excluding hydrogens is 302 g/mol. The Morgan fingerprint density at radius 3 is 2.63 bits per heavy atom. The van der Waals surface area contributed by atoms with E-state index in [1.165, 1.54) is 0 Å². The third-order valence-electron chi connectivity index (χ3n) is 2.17. The van der Waals surface area contributed by atoms with E-state index in [2.05, 4.69) is 10.2 Å². The zero-order valence-corrected chi connectivity index (χ0v) is 13.1. The maximum Gasteiger partial charge on any atom is 0.208 e. The first kappa shape index (κ1) is 14.4. The first-order chi connectivity index (χ1) is 9.15. The summed E-state index contributed by atoms with van der Waals surface area (Å²) < 4.78 is 6.57. The molecule has 1 aromatic carbocycles. The molecule has 102 valence electrons. The Balaban J connectivity index is 1.72. The van der Waals surface area contributed by atoms with E-state index < -0.39 is 0 Å². The second-order valence-electron chi connectivity index (χ2n) is 3.90. The lowest BCUT2D eigenvalue weighted by molar-refractivity contribution is 0.344. The largest absolute Gasteiger partial charge is 0.493 e. The van der Waals surface area contributed by atoms with Gasteiger partial charge in [-0.05, 0) is 24.3 Å². The molecule has 1 heterocycles. The van der Waals surface area contributed by atoms with Crippen LogP contribution in [0.4, 0.5) is 5.13 Å². The van der Waals surface area contributed by atoms with Crippen molar-refractivity contribution in [1.82, 2.24) is 10.2 Å². The summed E-state index contributed by atoms with van der Waals surface area (Å²) in [5.41, 5.74) is 0. The molecular formula is C12H14ClN3OS2. The van der Waals surface area contributed by atoms with Crippen LogP contribution in [0, 0.1) is 0 Å². The van der Waals surface area contributed by atoms with Crippen LogP contribution in [-0.2, 0) is 0 Å². The van der Waals surface area contributed by atoms with Crippen LogP contribution in [-0.4, -0.2) is 36.7 Å². The van der Waals surface area contributed by atoms with Gasteiger partial charge < -0.3 is 9.64 Å². The number of hydrogen-bond acceptors (Lipinski definition) is 6. The predicted molar refractivity (Wildman–Crippen MR) is 81.9 cm³/mol. The minimum atomic E-state index is 0.628. The van der Waals surface area contributed by atoms with E-state index in [9.17, 15) is 0 Å². The molecule has 2 aromatic rings. The molecule has 0 saturated heterocycles. The number of anilines is 1. The zero-order chi connectivity index (χ0) is 13.7. The van der Waals surface area contributed by atoms with E-state index in [0.717, 1.165) is 21.0 Å². The van der Waals surface area contributed by atoms with Crippen LogP contribution < -0.4 is 9.64 Å². The topological polar surface area (TPSA) is 38.2 Å². The fourth-order valence-corrected chi connectivity index (χ4v) is 3.04. The van der Waals surface area contributed by atoms with Crippen molar-refractivity contribution in [2.24, 2.45) is 0 Å². The van der Waals surface area contributed by atoms with Crippen molar-refractivity contribution in [3.63, 3.8) is 0 Å². The van der Waals surface area contributed by atoms with Gasteiger partial charge in [0.25, 0.3) is 0 Å². The minimum Gasteiger partial charge on any atom is -0.493 e. The summed E-state index contributed by atoms with van der Waals surface area (Å²) in [4.78, 5) is 1.95. The van der Waals surface area contributed by atoms with E-state index in [0.29, 0.717) is 11.6 Å². The van der Waals surface area contributed by atoms with Crippen molar-refractivity contribution in [1.29, 1.82) is 0 Å². The highest BCUT2D eigenvalue weighted by Gasteiger charge is 2.05. The summed E-state index contributed by atoms with van der Waals surface area (Å²) in [6, 6.07) is 7.36. The predicted octanol–water partition coefficient (Wildman–Crippen LogP) is 3.43. The summed E-state index contributed by atoms with van der Waals surface area (Å²) in [5, 5.41) is 9.82. The van der Waals surface area contributed by atoms with Gasteiger partial charge in [-0.3, -0.25) is 0 Å². The van der Waals surface area contributed by atoms with Gasteiger partial charge in [-0.2, -0.15) is 0 Å². The lowest BCUT2D eigenvalue weighted by Gasteiger charge is -2.05. The molecule has 0 aliphatic heterocycles. The van der Waals surface area contributed by atoms with Crippen LogP contribution in [0.5, 0.6) is 5.75 Å². The second-order valence-corrected chi connectivity index (χ2v) is 6.63. The lowest BCUT2D eigenvalue weighted by Crippen LogP contribution is -2.07. The third kappa shape index (κ3) is 4.56. The number of benzene rings is 1. The Morgan fingerprint density at radius 2 is 2.00 bits per heavy atom. The highest BCUT2D eigenvalue weighted by molar-refractivity contribution is 8.01. The fourth-order valence-electron chi connectivity index (χ4n) is 1.26. The molecule has 0 amide bonds. The van der Waals surface area contributed by atoms with Crippen molar-refractivity contribution in [2.75, 3.05) is 31.4 Å². The van der Waals surface area contributed by atoms with Gasteiger partial charge in [0.05, 0.1) is 6.61 Å². The Labute approximate surface area is 125 Å². The molecule has 2 rings (SSSR count). The van der Waals surface area contributed by atoms with Gasteiger partial charge in [0.2, 0.25) is 5.13 Å². The summed E-state index contributed by atoms with van der Waals surface area (Å²) >= 11 is 9.03. The summed E-state index contributed by atoms with van der Waals surface area (Å²) in [7, 11) is 3.91. The van der Waals surface area contributed by atoms with Gasteiger partial charge in [-0.25, -0.2) is 0 Å². The summed E-state index contributed by atoms with van der Waals surface area (Å²) in [5.74, 6) is 1.67. The van der Waals surface area contributed by atoms with Gasteiger partial charge in [-0.15, -0.1) is 10.2 Å². The molecule has 0 atom stereocenters. The van der Waals surface area contributed by atoms with E-state index in [-0.39, 0.29) is 0 Å². The molecule has 0 N–H and O–H groups in total. The smallest absolute Gasteiger partial charge is 0.208 e. The molecule has 0 aliphatic rings. The van der Waals surface area contributed by atoms with E-state index in [1.807, 2.05) is 43.3 Å². The Bertz CT molecular complexity index is 516. The molecule has 19 heavy (non-hydrogen) atoms. The van der Waals surface area contributed by atoms with Gasteiger partial charge in [0.15, 0.2) is 4.34 Å². The Morgan fingerprint density at radius 1 is 1.26 bits per heavy atom. The fraction of sp³-hybridized carbons (Fsp3) is 0.333. The maximum absolute atomic E-state index is 5.80. The minimum absolute atomic E-state index is 0.628. The first-order valence-corrected chi connectivity index (χ1v) is 7.85. The maximum atomic E-state index is 5.80. The second kappa shape index (κ2) is 6.98. The molecule has 0 fully saturated rings. The Kier molecular flexibility index (Phi) is 5.30. The van der Waals surface area contributed by atoms with Gasteiger partial charge >= 0.3 is 0 Å². The standard InChI is InChI=1S/C12H14ClN3OS2/c1-16(2)11-14-15-12(19-11)18-8-7-17-10-5-3-9(13)4-6-10/h3-6H,7-8H2,1-2H3. The quantitative estimate of drug-likeness (QED) is 0.603. The van der Waals surface area contributed by atoms with Gasteiger partial charge in [-0.1, -0.05) is 34.7 Å². The Hall–Kier alpha value is -0.980. The van der Waals surface area contributed by atoms with Crippen LogP contribution >= 0.6 is 34.7 Å². The van der Waals surface area contributed by atoms with Crippen molar-refractivity contribution in [3.05, 3.63) is 29.3 Å². The molecule has 0 unspecified atom stereocenters. The van der Waals surface area contributed by atoms with Crippen molar-refractivity contribution >= 4 is 39.8 Å². The van der Waals surface area contributed by atoms with Crippen molar-refractivity contribution in [2.45, 2.75) is 4.34 Å². The lowest BCUT2D eigenvalue weighted by atomic mass is 10.3. The molecule has 1 aromatic heterocycles. The average Bonchev–Trinajstić information content (AvgIpc) is 2.86. The number of rotatable bonds is 6. The molecule has 0 saturated carbocycles. The summed E-state index contributed by atoms with van der Waals surface area (Å²) in [6.07, 6.45) is 0. The third-order valence-corrected chi connectivity index (χ3v) is 4.61. The number of nitrogens with zero attached hydrogens (tertiary/aromatic N) is 3. The monoisotopic (exact) mass is 315 g/mol. The van der Waals surface area contributed by atoms with E-state index >= 15 is 0 Å². The van der Waals surface area contributed by atoms with Crippen LogP contribution in [0.1, 0.15) is 0 Å². The van der Waals surface area contributed by atoms with E-state index in [1.54, 1.807) is 23.1 Å². The van der Waals surface area contributed by atoms with Crippen LogP contribution in [0.25, 0.3) is 0 Å². The van der Waals surface area contributed by atoms with E-state index in [4.69, 9.17) is 16.3 Å².